The number of carbonyl (C=O) groups is 1. The first-order valence-electron chi connectivity index (χ1n) is 11.1. The molecule has 3 aromatic carbocycles. The van der Waals surface area contributed by atoms with E-state index in [1.165, 1.54) is 12.1 Å². The van der Waals surface area contributed by atoms with E-state index in [0.717, 1.165) is 28.7 Å². The van der Waals surface area contributed by atoms with Gasteiger partial charge in [-0.3, -0.25) is 4.79 Å². The topological polar surface area (TPSA) is 44.1 Å². The molecule has 0 aliphatic carbocycles. The van der Waals surface area contributed by atoms with Crippen molar-refractivity contribution >= 4 is 5.91 Å². The summed E-state index contributed by atoms with van der Waals surface area (Å²) < 4.78 is 13.2. The molecule has 4 heteroatoms. The zero-order valence-electron chi connectivity index (χ0n) is 18.3. The Labute approximate surface area is 189 Å². The quantitative estimate of drug-likeness (QED) is 0.457. The summed E-state index contributed by atoms with van der Waals surface area (Å²) in [7, 11) is 0. The molecule has 3 nitrogen and oxygen atoms in total. The summed E-state index contributed by atoms with van der Waals surface area (Å²) in [6.45, 7) is 2.73. The van der Waals surface area contributed by atoms with Gasteiger partial charge in [-0.25, -0.2) is 4.39 Å². The van der Waals surface area contributed by atoms with Gasteiger partial charge >= 0.3 is 0 Å². The average Bonchev–Trinajstić information content (AvgIpc) is 2.83. The first-order chi connectivity index (χ1) is 15.5. The smallest absolute Gasteiger partial charge is 0.223 e. The van der Waals surface area contributed by atoms with E-state index in [2.05, 4.69) is 25.1 Å². The van der Waals surface area contributed by atoms with E-state index >= 15 is 0 Å². The number of amides is 1. The van der Waals surface area contributed by atoms with E-state index in [-0.39, 0.29) is 23.2 Å². The van der Waals surface area contributed by atoms with Gasteiger partial charge in [0.25, 0.3) is 0 Å². The van der Waals surface area contributed by atoms with Crippen molar-refractivity contribution in [2.45, 2.75) is 44.1 Å². The third-order valence-corrected chi connectivity index (χ3v) is 6.78. The van der Waals surface area contributed by atoms with Gasteiger partial charge in [-0.15, -0.1) is 0 Å². The Balaban J connectivity index is 1.51. The van der Waals surface area contributed by atoms with Crippen LogP contribution >= 0.6 is 0 Å². The van der Waals surface area contributed by atoms with Crippen LogP contribution in [-0.4, -0.2) is 17.4 Å². The molecule has 3 aromatic rings. The molecule has 2 atom stereocenters. The van der Waals surface area contributed by atoms with Crippen LogP contribution in [-0.2, 0) is 10.2 Å². The van der Waals surface area contributed by atoms with Gasteiger partial charge in [-0.2, -0.15) is 5.26 Å². The van der Waals surface area contributed by atoms with Crippen LogP contribution in [0.2, 0.25) is 0 Å². The van der Waals surface area contributed by atoms with Crippen LogP contribution < -0.4 is 0 Å². The molecule has 0 spiro atoms. The number of benzene rings is 3. The Bertz CT molecular complexity index is 1100. The molecule has 32 heavy (non-hydrogen) atoms. The van der Waals surface area contributed by atoms with Crippen molar-refractivity contribution in [2.75, 3.05) is 6.54 Å². The van der Waals surface area contributed by atoms with Gasteiger partial charge in [0, 0.05) is 24.8 Å². The van der Waals surface area contributed by atoms with Gasteiger partial charge in [-0.05, 0) is 54.2 Å². The second-order valence-corrected chi connectivity index (χ2v) is 8.62. The van der Waals surface area contributed by atoms with Crippen molar-refractivity contribution in [3.8, 4) is 17.2 Å². The van der Waals surface area contributed by atoms with E-state index in [0.29, 0.717) is 25.8 Å². The number of halogens is 1. The normalized spacial score (nSPS) is 19.4. The SMILES string of the molecule is C[C@@H](c1ccc(-c2ccc(F)cc2)cc1)N1CC[C@](CCC#N)(c2ccccc2)CC1=O. The number of nitriles is 1. The summed E-state index contributed by atoms with van der Waals surface area (Å²) in [5.41, 5.74) is 3.94. The minimum absolute atomic E-state index is 0.0329. The largest absolute Gasteiger partial charge is 0.336 e. The Kier molecular flexibility index (Phi) is 6.37. The van der Waals surface area contributed by atoms with Crippen LogP contribution in [0.15, 0.2) is 78.9 Å². The lowest BCUT2D eigenvalue weighted by Gasteiger charge is -2.44. The van der Waals surface area contributed by atoms with Crippen LogP contribution in [0.3, 0.4) is 0 Å². The molecule has 0 N–H and O–H groups in total. The molecule has 0 bridgehead atoms. The lowest BCUT2D eigenvalue weighted by Crippen LogP contribution is -2.47. The van der Waals surface area contributed by atoms with E-state index in [1.54, 1.807) is 12.1 Å². The minimum atomic E-state index is -0.267. The highest BCUT2D eigenvalue weighted by atomic mass is 19.1. The minimum Gasteiger partial charge on any atom is -0.336 e. The van der Waals surface area contributed by atoms with Crippen molar-refractivity contribution in [3.63, 3.8) is 0 Å². The maximum absolute atomic E-state index is 13.3. The highest BCUT2D eigenvalue weighted by molar-refractivity contribution is 5.79. The van der Waals surface area contributed by atoms with E-state index in [1.807, 2.05) is 47.4 Å². The summed E-state index contributed by atoms with van der Waals surface area (Å²) >= 11 is 0. The fraction of sp³-hybridized carbons (Fsp3) is 0.286. The highest BCUT2D eigenvalue weighted by Crippen LogP contribution is 2.42. The van der Waals surface area contributed by atoms with Gasteiger partial charge in [0.1, 0.15) is 5.82 Å². The van der Waals surface area contributed by atoms with E-state index < -0.39 is 0 Å². The number of piperidine rings is 1. The molecule has 0 saturated carbocycles. The molecular weight excluding hydrogens is 399 g/mol. The van der Waals surface area contributed by atoms with E-state index in [9.17, 15) is 9.18 Å². The Morgan fingerprint density at radius 2 is 1.62 bits per heavy atom. The fourth-order valence-electron chi connectivity index (χ4n) is 4.82. The van der Waals surface area contributed by atoms with Crippen molar-refractivity contribution in [3.05, 3.63) is 95.8 Å². The van der Waals surface area contributed by atoms with Crippen molar-refractivity contribution in [2.24, 2.45) is 0 Å². The molecule has 162 valence electrons. The second kappa shape index (κ2) is 9.36. The van der Waals surface area contributed by atoms with Crippen LogP contribution in [0.1, 0.15) is 49.8 Å². The van der Waals surface area contributed by atoms with Crippen molar-refractivity contribution in [1.29, 1.82) is 5.26 Å². The molecular formula is C28H27FN2O. The van der Waals surface area contributed by atoms with Gasteiger partial charge in [-0.1, -0.05) is 66.7 Å². The molecule has 1 saturated heterocycles. The highest BCUT2D eigenvalue weighted by Gasteiger charge is 2.41. The lowest BCUT2D eigenvalue weighted by molar-refractivity contribution is -0.138. The summed E-state index contributed by atoms with van der Waals surface area (Å²) in [5.74, 6) is -0.114. The van der Waals surface area contributed by atoms with Crippen LogP contribution in [0.5, 0.6) is 0 Å². The number of likely N-dealkylation sites (tertiary alicyclic amines) is 1. The summed E-state index contributed by atoms with van der Waals surface area (Å²) in [5, 5.41) is 9.17. The van der Waals surface area contributed by atoms with Gasteiger partial charge in [0.15, 0.2) is 0 Å². The van der Waals surface area contributed by atoms with Crippen LogP contribution in [0, 0.1) is 17.1 Å². The standard InChI is InChI=1S/C28H27FN2O/c1-21(22-8-10-23(11-9-22)24-12-14-26(29)15-13-24)31-19-17-28(16-5-18-30,20-27(31)32)25-6-3-2-4-7-25/h2-4,6-15,21H,5,16-17,19-20H2,1H3/t21-,28-/m0/s1. The molecule has 1 fully saturated rings. The molecule has 1 amide bonds. The zero-order chi connectivity index (χ0) is 22.6. The third kappa shape index (κ3) is 4.43. The van der Waals surface area contributed by atoms with Gasteiger partial charge in [0.05, 0.1) is 12.1 Å². The molecule has 0 unspecified atom stereocenters. The predicted octanol–water partition coefficient (Wildman–Crippen LogP) is 6.42. The second-order valence-electron chi connectivity index (χ2n) is 8.62. The number of hydrogen-bond donors (Lipinski definition) is 0. The molecule has 0 aromatic heterocycles. The molecule has 4 rings (SSSR count). The molecule has 1 heterocycles. The zero-order valence-corrected chi connectivity index (χ0v) is 18.3. The van der Waals surface area contributed by atoms with Gasteiger partial charge < -0.3 is 4.90 Å². The molecule has 1 aliphatic heterocycles. The monoisotopic (exact) mass is 426 g/mol. The van der Waals surface area contributed by atoms with Crippen LogP contribution in [0.25, 0.3) is 11.1 Å². The number of hydrogen-bond acceptors (Lipinski definition) is 2. The number of nitrogens with zero attached hydrogens (tertiary/aromatic N) is 2. The van der Waals surface area contributed by atoms with Crippen molar-refractivity contribution in [1.82, 2.24) is 4.90 Å². The number of rotatable bonds is 6. The average molecular weight is 427 g/mol. The number of carbonyl (C=O) groups excluding carboxylic acids is 1. The van der Waals surface area contributed by atoms with E-state index in [4.69, 9.17) is 5.26 Å². The van der Waals surface area contributed by atoms with Gasteiger partial charge in [0.2, 0.25) is 5.91 Å². The lowest BCUT2D eigenvalue weighted by atomic mass is 9.69. The Morgan fingerprint density at radius 1 is 1.00 bits per heavy atom. The summed E-state index contributed by atoms with van der Waals surface area (Å²) in [6, 6.07) is 27.0. The third-order valence-electron chi connectivity index (χ3n) is 6.78. The molecule has 0 radical (unpaired) electrons. The summed E-state index contributed by atoms with van der Waals surface area (Å²) in [6.07, 6.45) is 2.43. The predicted molar refractivity (Wildman–Crippen MR) is 124 cm³/mol. The first kappa shape index (κ1) is 21.8. The van der Waals surface area contributed by atoms with Crippen LogP contribution in [0.4, 0.5) is 4.39 Å². The molecule has 1 aliphatic rings. The Morgan fingerprint density at radius 3 is 2.22 bits per heavy atom. The maximum Gasteiger partial charge on any atom is 0.223 e. The fourth-order valence-corrected chi connectivity index (χ4v) is 4.82. The first-order valence-corrected chi connectivity index (χ1v) is 11.1. The maximum atomic E-state index is 13.3. The Hall–Kier alpha value is -3.45. The van der Waals surface area contributed by atoms with Crippen molar-refractivity contribution < 1.29 is 9.18 Å². The summed E-state index contributed by atoms with van der Waals surface area (Å²) in [4.78, 5) is 15.2.